The van der Waals surface area contributed by atoms with Crippen LogP contribution < -0.4 is 0 Å². The molecule has 0 unspecified atom stereocenters. The van der Waals surface area contributed by atoms with E-state index in [0.717, 1.165) is 11.1 Å². The molecule has 0 aliphatic carbocycles. The number of halogens is 2. The molecule has 3 rings (SSSR count). The average Bonchev–Trinajstić information content (AvgIpc) is 2.77. The minimum Gasteiger partial charge on any atom is -0.459 e. The molecular formula is C24H21ClFN3O3. The molecule has 0 saturated heterocycles. The molecule has 0 saturated carbocycles. The Morgan fingerprint density at radius 1 is 1.12 bits per heavy atom. The van der Waals surface area contributed by atoms with Gasteiger partial charge in [-0.1, -0.05) is 48.0 Å². The van der Waals surface area contributed by atoms with Crippen molar-refractivity contribution in [3.63, 3.8) is 0 Å². The SMILES string of the molecule is CC(=O)OCc1ccc(/C(=N/N(C=O)Cc2ccc(Cl)cc2)c2ccccc2C)c(F)n1. The van der Waals surface area contributed by atoms with E-state index in [9.17, 15) is 9.59 Å². The van der Waals surface area contributed by atoms with Crippen molar-refractivity contribution >= 4 is 29.7 Å². The number of aromatic nitrogens is 1. The standard InChI is InChI=1S/C24H21ClFN3O3/c1-16-5-3-4-6-21(16)23(22-12-11-20(27-24(22)26)14-32-17(2)31)28-29(15-30)13-18-7-9-19(25)10-8-18/h3-12,15H,13-14H2,1-2H3/b28-23+. The van der Waals surface area contributed by atoms with Crippen LogP contribution in [0, 0.1) is 12.9 Å². The molecule has 0 aliphatic rings. The summed E-state index contributed by atoms with van der Waals surface area (Å²) in [5, 5.41) is 6.23. The molecular weight excluding hydrogens is 433 g/mol. The van der Waals surface area contributed by atoms with Gasteiger partial charge < -0.3 is 4.74 Å². The second-order valence-corrected chi connectivity index (χ2v) is 7.45. The fourth-order valence-electron chi connectivity index (χ4n) is 3.00. The number of hydrogen-bond acceptors (Lipinski definition) is 5. The van der Waals surface area contributed by atoms with E-state index in [-0.39, 0.29) is 30.1 Å². The number of nitrogens with zero attached hydrogens (tertiary/aromatic N) is 3. The topological polar surface area (TPSA) is 71.9 Å². The van der Waals surface area contributed by atoms with Crippen LogP contribution >= 0.6 is 11.6 Å². The van der Waals surface area contributed by atoms with Gasteiger partial charge in [-0.15, -0.1) is 0 Å². The van der Waals surface area contributed by atoms with Gasteiger partial charge in [0, 0.05) is 17.5 Å². The zero-order valence-corrected chi connectivity index (χ0v) is 18.3. The Morgan fingerprint density at radius 3 is 2.47 bits per heavy atom. The van der Waals surface area contributed by atoms with Gasteiger partial charge in [-0.25, -0.2) is 9.99 Å². The highest BCUT2D eigenvalue weighted by Crippen LogP contribution is 2.19. The van der Waals surface area contributed by atoms with E-state index in [1.807, 2.05) is 25.1 Å². The van der Waals surface area contributed by atoms with Crippen LogP contribution in [0.5, 0.6) is 0 Å². The third kappa shape index (κ3) is 5.98. The van der Waals surface area contributed by atoms with E-state index >= 15 is 4.39 Å². The van der Waals surface area contributed by atoms with Crippen molar-refractivity contribution in [2.75, 3.05) is 0 Å². The van der Waals surface area contributed by atoms with E-state index in [1.165, 1.54) is 18.0 Å². The molecule has 0 bridgehead atoms. The van der Waals surface area contributed by atoms with Gasteiger partial charge in [-0.05, 0) is 42.3 Å². The van der Waals surface area contributed by atoms with Crippen molar-refractivity contribution in [1.29, 1.82) is 0 Å². The van der Waals surface area contributed by atoms with Crippen LogP contribution in [0.2, 0.25) is 5.02 Å². The van der Waals surface area contributed by atoms with Gasteiger partial charge in [0.2, 0.25) is 12.4 Å². The highest BCUT2D eigenvalue weighted by atomic mass is 35.5. The maximum absolute atomic E-state index is 15.0. The van der Waals surface area contributed by atoms with Crippen molar-refractivity contribution in [3.05, 3.63) is 99.6 Å². The summed E-state index contributed by atoms with van der Waals surface area (Å²) in [6, 6.07) is 17.4. The number of aryl methyl sites for hydroxylation is 1. The van der Waals surface area contributed by atoms with E-state index in [4.69, 9.17) is 16.3 Å². The molecule has 2 aromatic carbocycles. The molecule has 3 aromatic rings. The molecule has 1 amide bonds. The van der Waals surface area contributed by atoms with Crippen LogP contribution in [0.15, 0.2) is 65.8 Å². The van der Waals surface area contributed by atoms with Crippen LogP contribution in [-0.2, 0) is 27.5 Å². The summed E-state index contributed by atoms with van der Waals surface area (Å²) in [5.74, 6) is -1.27. The first-order chi connectivity index (χ1) is 15.4. The molecule has 8 heteroatoms. The van der Waals surface area contributed by atoms with Gasteiger partial charge in [0.25, 0.3) is 0 Å². The van der Waals surface area contributed by atoms with Crippen molar-refractivity contribution in [3.8, 4) is 0 Å². The van der Waals surface area contributed by atoms with E-state index < -0.39 is 11.9 Å². The fourth-order valence-corrected chi connectivity index (χ4v) is 3.12. The molecule has 0 aliphatic heterocycles. The predicted octanol–water partition coefficient (Wildman–Crippen LogP) is 4.66. The lowest BCUT2D eigenvalue weighted by Crippen LogP contribution is -2.20. The van der Waals surface area contributed by atoms with Crippen molar-refractivity contribution in [2.45, 2.75) is 27.0 Å². The molecule has 0 spiro atoms. The number of esters is 1. The van der Waals surface area contributed by atoms with Gasteiger partial charge in [-0.2, -0.15) is 9.49 Å². The third-order valence-electron chi connectivity index (χ3n) is 4.59. The number of hydrazone groups is 1. The third-order valence-corrected chi connectivity index (χ3v) is 4.84. The number of amides is 1. The molecule has 1 aromatic heterocycles. The molecule has 0 fully saturated rings. The van der Waals surface area contributed by atoms with Gasteiger partial charge in [0.15, 0.2) is 0 Å². The molecule has 0 atom stereocenters. The molecule has 1 heterocycles. The number of benzene rings is 2. The van der Waals surface area contributed by atoms with E-state index in [2.05, 4.69) is 10.1 Å². The quantitative estimate of drug-likeness (QED) is 0.163. The van der Waals surface area contributed by atoms with Crippen molar-refractivity contribution in [2.24, 2.45) is 5.10 Å². The normalized spacial score (nSPS) is 11.2. The Bertz CT molecular complexity index is 1150. The fraction of sp³-hybridized carbons (Fsp3) is 0.167. The van der Waals surface area contributed by atoms with Gasteiger partial charge in [0.05, 0.1) is 17.8 Å². The first kappa shape index (κ1) is 23.1. The Kier molecular flexibility index (Phi) is 7.68. The lowest BCUT2D eigenvalue weighted by atomic mass is 9.99. The highest BCUT2D eigenvalue weighted by Gasteiger charge is 2.18. The maximum atomic E-state index is 15.0. The smallest absolute Gasteiger partial charge is 0.303 e. The summed E-state index contributed by atoms with van der Waals surface area (Å²) in [6.07, 6.45) is 0.577. The zero-order valence-electron chi connectivity index (χ0n) is 17.6. The number of carbonyl (C=O) groups excluding carboxylic acids is 2. The zero-order chi connectivity index (χ0) is 23.1. The molecule has 0 radical (unpaired) electrons. The van der Waals surface area contributed by atoms with Crippen LogP contribution in [0.1, 0.15) is 34.9 Å². The molecule has 32 heavy (non-hydrogen) atoms. The summed E-state index contributed by atoms with van der Waals surface area (Å²) < 4.78 is 19.9. The van der Waals surface area contributed by atoms with Crippen LogP contribution in [0.3, 0.4) is 0 Å². The summed E-state index contributed by atoms with van der Waals surface area (Å²) in [6.45, 7) is 3.17. The van der Waals surface area contributed by atoms with E-state index in [1.54, 1.807) is 36.4 Å². The number of rotatable bonds is 8. The summed E-state index contributed by atoms with van der Waals surface area (Å²) in [7, 11) is 0. The predicted molar refractivity (Wildman–Crippen MR) is 120 cm³/mol. The van der Waals surface area contributed by atoms with Gasteiger partial charge in [0.1, 0.15) is 12.3 Å². The average molecular weight is 454 g/mol. The highest BCUT2D eigenvalue weighted by molar-refractivity contribution is 6.30. The maximum Gasteiger partial charge on any atom is 0.303 e. The Balaban J connectivity index is 2.02. The number of hydrogen-bond donors (Lipinski definition) is 0. The Hall–Kier alpha value is -3.58. The summed E-state index contributed by atoms with van der Waals surface area (Å²) >= 11 is 5.93. The molecule has 0 N–H and O–H groups in total. The Morgan fingerprint density at radius 2 is 1.84 bits per heavy atom. The van der Waals surface area contributed by atoms with E-state index in [0.29, 0.717) is 17.0 Å². The monoisotopic (exact) mass is 453 g/mol. The molecule has 164 valence electrons. The van der Waals surface area contributed by atoms with Gasteiger partial charge >= 0.3 is 5.97 Å². The second-order valence-electron chi connectivity index (χ2n) is 7.01. The number of carbonyl (C=O) groups is 2. The molecule has 6 nitrogen and oxygen atoms in total. The minimum atomic E-state index is -0.783. The van der Waals surface area contributed by atoms with Crippen LogP contribution in [0.4, 0.5) is 4.39 Å². The number of pyridine rings is 1. The van der Waals surface area contributed by atoms with Crippen molar-refractivity contribution in [1.82, 2.24) is 9.99 Å². The van der Waals surface area contributed by atoms with Crippen LogP contribution in [-0.4, -0.2) is 28.1 Å². The van der Waals surface area contributed by atoms with Gasteiger partial charge in [-0.3, -0.25) is 9.59 Å². The van der Waals surface area contributed by atoms with Crippen molar-refractivity contribution < 1.29 is 18.7 Å². The first-order valence-electron chi connectivity index (χ1n) is 9.77. The summed E-state index contributed by atoms with van der Waals surface area (Å²) in [4.78, 5) is 26.7. The lowest BCUT2D eigenvalue weighted by Gasteiger charge is -2.17. The summed E-state index contributed by atoms with van der Waals surface area (Å²) in [5.41, 5.74) is 2.96. The largest absolute Gasteiger partial charge is 0.459 e. The lowest BCUT2D eigenvalue weighted by molar-refractivity contribution is -0.142. The van der Waals surface area contributed by atoms with Crippen LogP contribution in [0.25, 0.3) is 0 Å². The number of ether oxygens (including phenoxy) is 1. The first-order valence-corrected chi connectivity index (χ1v) is 10.2. The second kappa shape index (κ2) is 10.6. The Labute approximate surface area is 190 Å². The minimum absolute atomic E-state index is 0.119.